The lowest BCUT2D eigenvalue weighted by molar-refractivity contribution is -0.134. The van der Waals surface area contributed by atoms with Crippen LogP contribution in [0, 0.1) is 5.92 Å². The number of carbonyl (C=O) groups is 2. The molecule has 0 aromatic heterocycles. The smallest absolute Gasteiger partial charge is 0.324 e. The molecule has 1 fully saturated rings. The SMILES string of the molecule is CC(C)CNC(=O)CCCCCN(CCCCCC(=O)OCl)CCN(CCO)C1CCC1. The maximum Gasteiger partial charge on any atom is 0.324 e. The molecule has 0 heterocycles. The second-order valence-electron chi connectivity index (χ2n) is 9.45. The predicted octanol–water partition coefficient (Wildman–Crippen LogP) is 3.73. The second kappa shape index (κ2) is 18.5. The van der Waals surface area contributed by atoms with Crippen LogP contribution in [0.25, 0.3) is 0 Å². The van der Waals surface area contributed by atoms with Gasteiger partial charge in [-0.05, 0) is 57.5 Å². The van der Waals surface area contributed by atoms with E-state index in [1.54, 1.807) is 0 Å². The minimum Gasteiger partial charge on any atom is -0.395 e. The molecule has 0 atom stereocenters. The molecule has 7 nitrogen and oxygen atoms in total. The number of aliphatic hydroxyl groups excluding tert-OH is 1. The quantitative estimate of drug-likeness (QED) is 0.261. The molecule has 188 valence electrons. The number of nitrogens with zero attached hydrogens (tertiary/aromatic N) is 2. The molecule has 1 saturated carbocycles. The normalized spacial score (nSPS) is 14.2. The highest BCUT2D eigenvalue weighted by Crippen LogP contribution is 2.24. The van der Waals surface area contributed by atoms with Gasteiger partial charge in [0, 0.05) is 45.1 Å². The van der Waals surface area contributed by atoms with Gasteiger partial charge < -0.3 is 19.6 Å². The molecule has 8 heteroatoms. The first-order valence-corrected chi connectivity index (χ1v) is 12.9. The van der Waals surface area contributed by atoms with E-state index in [2.05, 4.69) is 33.3 Å². The lowest BCUT2D eigenvalue weighted by atomic mass is 9.91. The molecule has 2 N–H and O–H groups in total. The molecule has 1 aliphatic carbocycles. The fourth-order valence-electron chi connectivity index (χ4n) is 3.99. The number of nitrogens with one attached hydrogen (secondary N) is 1. The van der Waals surface area contributed by atoms with Crippen molar-refractivity contribution in [3.8, 4) is 0 Å². The topological polar surface area (TPSA) is 82.1 Å². The number of aliphatic hydroxyl groups is 1. The third kappa shape index (κ3) is 14.3. The Labute approximate surface area is 200 Å². The van der Waals surface area contributed by atoms with Gasteiger partial charge in [0.1, 0.15) is 11.9 Å². The van der Waals surface area contributed by atoms with Gasteiger partial charge in [0.15, 0.2) is 0 Å². The Morgan fingerprint density at radius 2 is 1.62 bits per heavy atom. The maximum atomic E-state index is 11.9. The third-order valence-corrected chi connectivity index (χ3v) is 6.38. The van der Waals surface area contributed by atoms with E-state index in [1.165, 1.54) is 19.3 Å². The summed E-state index contributed by atoms with van der Waals surface area (Å²) in [5.74, 6) is 0.283. The van der Waals surface area contributed by atoms with Crippen molar-refractivity contribution in [2.45, 2.75) is 90.5 Å². The minimum atomic E-state index is -0.360. The van der Waals surface area contributed by atoms with E-state index in [4.69, 9.17) is 11.9 Å². The van der Waals surface area contributed by atoms with E-state index in [0.29, 0.717) is 24.8 Å². The Balaban J connectivity index is 2.32. The molecule has 1 amide bonds. The third-order valence-electron chi connectivity index (χ3n) is 6.21. The highest BCUT2D eigenvalue weighted by atomic mass is 35.5. The van der Waals surface area contributed by atoms with E-state index in [0.717, 1.165) is 77.8 Å². The number of carbonyl (C=O) groups excluding carboxylic acids is 2. The number of halogens is 1. The Morgan fingerprint density at radius 1 is 0.969 bits per heavy atom. The fourth-order valence-corrected chi connectivity index (χ4v) is 4.06. The minimum absolute atomic E-state index is 0.158. The number of amides is 1. The van der Waals surface area contributed by atoms with E-state index in [-0.39, 0.29) is 18.5 Å². The average Bonchev–Trinajstić information content (AvgIpc) is 2.73. The highest BCUT2D eigenvalue weighted by Gasteiger charge is 2.24. The Hall–Kier alpha value is -0.890. The van der Waals surface area contributed by atoms with E-state index >= 15 is 0 Å². The van der Waals surface area contributed by atoms with Gasteiger partial charge in [0.2, 0.25) is 5.91 Å². The Bertz CT molecular complexity index is 504. The summed E-state index contributed by atoms with van der Waals surface area (Å²) < 4.78 is 4.19. The molecular weight excluding hydrogens is 430 g/mol. The Kier molecular flexibility index (Phi) is 16.9. The maximum absolute atomic E-state index is 11.9. The summed E-state index contributed by atoms with van der Waals surface area (Å²) in [6, 6.07) is 0.634. The zero-order valence-electron chi connectivity index (χ0n) is 20.3. The molecule has 0 unspecified atom stereocenters. The molecule has 0 saturated heterocycles. The molecule has 0 bridgehead atoms. The number of unbranched alkanes of at least 4 members (excludes halogenated alkanes) is 4. The van der Waals surface area contributed by atoms with Gasteiger partial charge in [-0.2, -0.15) is 0 Å². The standard InChI is InChI=1S/C24H46ClN3O4/c1-21(2)20-26-23(30)12-5-3-7-14-27(15-8-4-6-13-24(31)32-25)16-17-28(18-19-29)22-10-9-11-22/h21-22,29H,3-20H2,1-2H3,(H,26,30). The number of rotatable bonds is 20. The Morgan fingerprint density at radius 3 is 2.16 bits per heavy atom. The van der Waals surface area contributed by atoms with Gasteiger partial charge in [-0.3, -0.25) is 14.5 Å². The lowest BCUT2D eigenvalue weighted by Crippen LogP contribution is -2.45. The second-order valence-corrected chi connectivity index (χ2v) is 9.61. The van der Waals surface area contributed by atoms with Crippen LogP contribution in [-0.4, -0.2) is 78.7 Å². The first-order valence-electron chi connectivity index (χ1n) is 12.6. The van der Waals surface area contributed by atoms with Crippen LogP contribution in [0.4, 0.5) is 0 Å². The van der Waals surface area contributed by atoms with Crippen molar-refractivity contribution in [1.29, 1.82) is 0 Å². The predicted molar refractivity (Wildman–Crippen MR) is 129 cm³/mol. The first kappa shape index (κ1) is 29.1. The van der Waals surface area contributed by atoms with Crippen LogP contribution in [0.5, 0.6) is 0 Å². The summed E-state index contributed by atoms with van der Waals surface area (Å²) in [6.07, 6.45) is 10.6. The number of hydrogen-bond donors (Lipinski definition) is 2. The van der Waals surface area contributed by atoms with Crippen LogP contribution in [0.3, 0.4) is 0 Å². The van der Waals surface area contributed by atoms with Gasteiger partial charge in [-0.1, -0.05) is 33.1 Å². The number of hydrogen-bond acceptors (Lipinski definition) is 6. The van der Waals surface area contributed by atoms with Gasteiger partial charge >= 0.3 is 5.97 Å². The van der Waals surface area contributed by atoms with Gasteiger partial charge in [0.25, 0.3) is 0 Å². The summed E-state index contributed by atoms with van der Waals surface area (Å²) >= 11 is 5.08. The van der Waals surface area contributed by atoms with E-state index < -0.39 is 0 Å². The molecular formula is C24H46ClN3O4. The largest absolute Gasteiger partial charge is 0.395 e. The zero-order valence-corrected chi connectivity index (χ0v) is 21.1. The van der Waals surface area contributed by atoms with Crippen molar-refractivity contribution in [2.24, 2.45) is 5.92 Å². The van der Waals surface area contributed by atoms with Crippen molar-refractivity contribution in [3.63, 3.8) is 0 Å². The molecule has 0 aliphatic heterocycles. The van der Waals surface area contributed by atoms with Crippen LogP contribution in [-0.2, 0) is 13.9 Å². The monoisotopic (exact) mass is 475 g/mol. The lowest BCUT2D eigenvalue weighted by Gasteiger charge is -2.38. The van der Waals surface area contributed by atoms with Crippen LogP contribution < -0.4 is 5.32 Å². The van der Waals surface area contributed by atoms with Gasteiger partial charge in [-0.25, -0.2) is 0 Å². The summed E-state index contributed by atoms with van der Waals surface area (Å²) in [4.78, 5) is 28.0. The summed E-state index contributed by atoms with van der Waals surface area (Å²) in [7, 11) is 0. The van der Waals surface area contributed by atoms with Crippen molar-refractivity contribution < 1.29 is 19.0 Å². The first-order chi connectivity index (χ1) is 15.5. The van der Waals surface area contributed by atoms with Crippen molar-refractivity contribution in [1.82, 2.24) is 15.1 Å². The zero-order chi connectivity index (χ0) is 23.6. The fraction of sp³-hybridized carbons (Fsp3) is 0.917. The highest BCUT2D eigenvalue weighted by molar-refractivity contribution is 6.13. The summed E-state index contributed by atoms with van der Waals surface area (Å²) in [6.45, 7) is 9.93. The van der Waals surface area contributed by atoms with Crippen molar-refractivity contribution in [3.05, 3.63) is 0 Å². The van der Waals surface area contributed by atoms with E-state index in [1.807, 2.05) is 0 Å². The summed E-state index contributed by atoms with van der Waals surface area (Å²) in [5.41, 5.74) is 0. The van der Waals surface area contributed by atoms with Crippen LogP contribution in [0.1, 0.15) is 84.5 Å². The molecule has 1 aliphatic rings. The van der Waals surface area contributed by atoms with Crippen molar-refractivity contribution >= 4 is 23.7 Å². The van der Waals surface area contributed by atoms with E-state index in [9.17, 15) is 14.7 Å². The molecule has 1 rings (SSSR count). The summed E-state index contributed by atoms with van der Waals surface area (Å²) in [5, 5.41) is 12.4. The van der Waals surface area contributed by atoms with Gasteiger partial charge in [0.05, 0.1) is 6.61 Å². The van der Waals surface area contributed by atoms with Crippen LogP contribution in [0.15, 0.2) is 0 Å². The average molecular weight is 476 g/mol. The molecule has 32 heavy (non-hydrogen) atoms. The van der Waals surface area contributed by atoms with Crippen LogP contribution in [0.2, 0.25) is 0 Å². The molecule has 0 spiro atoms. The molecule has 0 radical (unpaired) electrons. The van der Waals surface area contributed by atoms with Gasteiger partial charge in [-0.15, -0.1) is 0 Å². The molecule has 0 aromatic rings. The van der Waals surface area contributed by atoms with Crippen LogP contribution >= 0.6 is 11.9 Å². The van der Waals surface area contributed by atoms with Crippen molar-refractivity contribution in [2.75, 3.05) is 45.9 Å². The molecule has 0 aromatic carbocycles.